The lowest BCUT2D eigenvalue weighted by Crippen LogP contribution is -2.11. The number of phenols is 1. The number of para-hydroxylation sites is 3. The minimum absolute atomic E-state index is 0.0318. The Morgan fingerprint density at radius 1 is 0.612 bits per heavy atom. The highest BCUT2D eigenvalue weighted by molar-refractivity contribution is 6.21. The van der Waals surface area contributed by atoms with Gasteiger partial charge in [-0.2, -0.15) is 0 Å². The Morgan fingerprint density at radius 2 is 1.33 bits per heavy atom. The highest BCUT2D eigenvalue weighted by Gasteiger charge is 2.21. The van der Waals surface area contributed by atoms with Crippen molar-refractivity contribution in [1.29, 1.82) is 0 Å². The molecule has 0 aliphatic rings. The number of rotatable bonds is 4. The summed E-state index contributed by atoms with van der Waals surface area (Å²) >= 11 is 0. The third kappa shape index (κ3) is 4.69. The number of phenolic OH excluding ortho intramolecular Hbond substituents is 1. The lowest BCUT2D eigenvalue weighted by Gasteiger charge is -2.19. The van der Waals surface area contributed by atoms with E-state index in [9.17, 15) is 5.11 Å². The van der Waals surface area contributed by atoms with Crippen LogP contribution in [0.3, 0.4) is 0 Å². The van der Waals surface area contributed by atoms with Gasteiger partial charge in [-0.3, -0.25) is 9.55 Å². The maximum Gasteiger partial charge on any atom is 0.149 e. The van der Waals surface area contributed by atoms with Crippen LogP contribution in [0.1, 0.15) is 26.3 Å². The molecule has 3 aromatic heterocycles. The minimum atomic E-state index is 0.0318. The summed E-state index contributed by atoms with van der Waals surface area (Å²) in [7, 11) is 0. The van der Waals surface area contributed by atoms with Gasteiger partial charge in [-0.15, -0.1) is 0 Å². The van der Waals surface area contributed by atoms with Crippen molar-refractivity contribution in [2.24, 2.45) is 0 Å². The highest BCUT2D eigenvalue weighted by Crippen LogP contribution is 2.41. The molecule has 0 spiro atoms. The van der Waals surface area contributed by atoms with E-state index in [1.807, 2.05) is 48.7 Å². The summed E-state index contributed by atoms with van der Waals surface area (Å²) in [4.78, 5) is 10.1. The SMILES string of the molecule is CC(C)(C)c1ccc(-n2c(-c3ccccc3O)nc3c(-c4cccc(-c5cc6oc7ccccc7c6c6cccnc56)c4)cccc32)cc1. The van der Waals surface area contributed by atoms with Gasteiger partial charge in [0.05, 0.1) is 22.1 Å². The van der Waals surface area contributed by atoms with Crippen molar-refractivity contribution in [3.8, 4) is 45.1 Å². The Labute approximate surface area is 283 Å². The van der Waals surface area contributed by atoms with Crippen molar-refractivity contribution in [2.75, 3.05) is 0 Å². The van der Waals surface area contributed by atoms with E-state index in [0.29, 0.717) is 11.4 Å². The van der Waals surface area contributed by atoms with E-state index >= 15 is 0 Å². The number of furan rings is 1. The Kier molecular flexibility index (Phi) is 6.46. The zero-order valence-corrected chi connectivity index (χ0v) is 27.5. The summed E-state index contributed by atoms with van der Waals surface area (Å²) in [6.45, 7) is 6.66. The number of hydrogen-bond acceptors (Lipinski definition) is 4. The Hall–Kier alpha value is -6.20. The molecule has 5 heteroatoms. The zero-order chi connectivity index (χ0) is 33.3. The number of aromatic nitrogens is 3. The standard InChI is InChI=1S/C44H33N3O2/c1-44(2,3)29-20-22-30(23-21-29)47-36-17-9-15-31(42(36)46-43(47)32-13-4-6-18-37(32)48)27-11-8-12-28(25-27)35-26-39-40(34-16-10-24-45-41(34)35)33-14-5-7-19-38(33)49-39/h4-26,48H,1-3H3. The quantitative estimate of drug-likeness (QED) is 0.209. The van der Waals surface area contributed by atoms with Gasteiger partial charge in [-0.25, -0.2) is 4.98 Å². The van der Waals surface area contributed by atoms with E-state index in [2.05, 4.69) is 110 Å². The van der Waals surface area contributed by atoms with Crippen molar-refractivity contribution in [3.63, 3.8) is 0 Å². The second-order valence-electron chi connectivity index (χ2n) is 13.6. The van der Waals surface area contributed by atoms with E-state index in [1.165, 1.54) is 5.56 Å². The summed E-state index contributed by atoms with van der Waals surface area (Å²) in [6, 6.07) is 45.3. The van der Waals surface area contributed by atoms with Gasteiger partial charge in [0.25, 0.3) is 0 Å². The van der Waals surface area contributed by atoms with Gasteiger partial charge >= 0.3 is 0 Å². The number of nitrogens with zero attached hydrogens (tertiary/aromatic N) is 3. The summed E-state index contributed by atoms with van der Waals surface area (Å²) in [5, 5.41) is 14.2. The van der Waals surface area contributed by atoms with Crippen LogP contribution in [0.4, 0.5) is 0 Å². The van der Waals surface area contributed by atoms with Crippen LogP contribution in [0, 0.1) is 0 Å². The molecule has 0 saturated heterocycles. The third-order valence-corrected chi connectivity index (χ3v) is 9.54. The average molecular weight is 636 g/mol. The third-order valence-electron chi connectivity index (χ3n) is 9.54. The molecule has 0 bridgehead atoms. The minimum Gasteiger partial charge on any atom is -0.507 e. The molecule has 0 aliphatic carbocycles. The van der Waals surface area contributed by atoms with E-state index in [1.54, 1.807) is 6.07 Å². The Morgan fingerprint density at radius 3 is 2.14 bits per heavy atom. The molecule has 0 saturated carbocycles. The molecule has 49 heavy (non-hydrogen) atoms. The molecule has 0 amide bonds. The highest BCUT2D eigenvalue weighted by atomic mass is 16.3. The van der Waals surface area contributed by atoms with Gasteiger partial charge in [0.2, 0.25) is 0 Å². The maximum atomic E-state index is 11.0. The molecule has 0 aliphatic heterocycles. The Balaban J connectivity index is 1.25. The molecule has 5 nitrogen and oxygen atoms in total. The monoisotopic (exact) mass is 635 g/mol. The number of hydrogen-bond donors (Lipinski definition) is 1. The number of imidazole rings is 1. The van der Waals surface area contributed by atoms with Gasteiger partial charge in [-0.1, -0.05) is 99.6 Å². The first kappa shape index (κ1) is 29.0. The first-order chi connectivity index (χ1) is 23.8. The van der Waals surface area contributed by atoms with Crippen molar-refractivity contribution >= 4 is 43.9 Å². The van der Waals surface area contributed by atoms with Gasteiger partial charge < -0.3 is 9.52 Å². The second kappa shape index (κ2) is 10.9. The molecule has 0 fully saturated rings. The molecule has 236 valence electrons. The van der Waals surface area contributed by atoms with Crippen LogP contribution >= 0.6 is 0 Å². The van der Waals surface area contributed by atoms with Crippen molar-refractivity contribution in [2.45, 2.75) is 26.2 Å². The predicted molar refractivity (Wildman–Crippen MR) is 200 cm³/mol. The molecule has 9 rings (SSSR count). The van der Waals surface area contributed by atoms with Crippen molar-refractivity contribution in [1.82, 2.24) is 14.5 Å². The lowest BCUT2D eigenvalue weighted by molar-refractivity contribution is 0.477. The summed E-state index contributed by atoms with van der Waals surface area (Å²) in [6.07, 6.45) is 1.85. The summed E-state index contributed by atoms with van der Waals surface area (Å²) in [5.41, 5.74) is 11.5. The number of fused-ring (bicyclic) bond motifs is 6. The molecule has 6 aromatic carbocycles. The number of benzene rings is 6. The topological polar surface area (TPSA) is 64.1 Å². The number of pyridine rings is 1. The Bertz CT molecular complexity index is 2710. The van der Waals surface area contributed by atoms with Crippen LogP contribution in [-0.4, -0.2) is 19.6 Å². The van der Waals surface area contributed by atoms with E-state index in [4.69, 9.17) is 14.4 Å². The predicted octanol–water partition coefficient (Wildman–Crippen LogP) is 11.5. The molecular formula is C44H33N3O2. The fraction of sp³-hybridized carbons (Fsp3) is 0.0909. The molecule has 0 atom stereocenters. The fourth-order valence-electron chi connectivity index (χ4n) is 7.09. The van der Waals surface area contributed by atoms with E-state index < -0.39 is 0 Å². The smallest absolute Gasteiger partial charge is 0.149 e. The zero-order valence-electron chi connectivity index (χ0n) is 27.5. The lowest BCUT2D eigenvalue weighted by atomic mass is 9.87. The van der Waals surface area contributed by atoms with E-state index in [-0.39, 0.29) is 11.2 Å². The second-order valence-corrected chi connectivity index (χ2v) is 13.6. The summed E-state index contributed by atoms with van der Waals surface area (Å²) in [5.74, 6) is 0.875. The van der Waals surface area contributed by atoms with Crippen LogP contribution in [0.5, 0.6) is 5.75 Å². The fourth-order valence-corrected chi connectivity index (χ4v) is 7.09. The number of aromatic hydroxyl groups is 1. The normalized spacial score (nSPS) is 12.1. The van der Waals surface area contributed by atoms with Crippen LogP contribution < -0.4 is 0 Å². The summed E-state index contributed by atoms with van der Waals surface area (Å²) < 4.78 is 8.52. The van der Waals surface area contributed by atoms with Gasteiger partial charge in [0.15, 0.2) is 0 Å². The largest absolute Gasteiger partial charge is 0.507 e. The molecule has 3 heterocycles. The molecular weight excluding hydrogens is 603 g/mol. The van der Waals surface area contributed by atoms with Crippen molar-refractivity contribution < 1.29 is 9.52 Å². The molecule has 1 N–H and O–H groups in total. The molecule has 0 radical (unpaired) electrons. The molecule has 0 unspecified atom stereocenters. The van der Waals surface area contributed by atoms with Crippen LogP contribution in [0.25, 0.3) is 83.2 Å². The first-order valence-corrected chi connectivity index (χ1v) is 16.6. The van der Waals surface area contributed by atoms with Gasteiger partial charge in [-0.05, 0) is 76.7 Å². The van der Waals surface area contributed by atoms with Gasteiger partial charge in [0, 0.05) is 39.2 Å². The first-order valence-electron chi connectivity index (χ1n) is 16.6. The van der Waals surface area contributed by atoms with Crippen LogP contribution in [0.15, 0.2) is 144 Å². The van der Waals surface area contributed by atoms with Crippen LogP contribution in [0.2, 0.25) is 0 Å². The van der Waals surface area contributed by atoms with Crippen molar-refractivity contribution in [3.05, 3.63) is 145 Å². The van der Waals surface area contributed by atoms with Crippen LogP contribution in [-0.2, 0) is 5.41 Å². The average Bonchev–Trinajstić information content (AvgIpc) is 3.70. The van der Waals surface area contributed by atoms with Gasteiger partial charge in [0.1, 0.15) is 22.7 Å². The maximum absolute atomic E-state index is 11.0. The molecule has 9 aromatic rings. The van der Waals surface area contributed by atoms with E-state index in [0.717, 1.165) is 71.8 Å².